The van der Waals surface area contributed by atoms with Crippen molar-refractivity contribution in [2.45, 2.75) is 32.2 Å². The number of ketones is 1. The number of nitrogens with zero attached hydrogens (tertiary/aromatic N) is 3. The number of carbonyl (C=O) groups is 1. The quantitative estimate of drug-likeness (QED) is 0.520. The maximum Gasteiger partial charge on any atom is 0.232 e. The number of phenols is 1. The average Bonchev–Trinajstić information content (AvgIpc) is 3.59. The van der Waals surface area contributed by atoms with Gasteiger partial charge in [0.15, 0.2) is 5.76 Å². The zero-order valence-electron chi connectivity index (χ0n) is 21.2. The zero-order chi connectivity index (χ0) is 25.0. The summed E-state index contributed by atoms with van der Waals surface area (Å²) in [5.41, 5.74) is 4.74. The second-order valence-corrected chi connectivity index (χ2v) is 10.3. The molecule has 2 aliphatic heterocycles. The fourth-order valence-electron chi connectivity index (χ4n) is 5.63. The standard InChI is InChI=1S/C29H33N3O4/c1-18-14-20(33)15-25-27(18)29(34)26(36-25)17-23-22-16-21(35-3)6-7-24(22)32(28(23)19-4-5-19)13-12-31-10-8-30(2)9-11-31/h6-7,14-17,19,33H,4-5,8-13H2,1-3H3. The van der Waals surface area contributed by atoms with Crippen LogP contribution >= 0.6 is 0 Å². The van der Waals surface area contributed by atoms with Gasteiger partial charge in [0.2, 0.25) is 5.78 Å². The summed E-state index contributed by atoms with van der Waals surface area (Å²) in [6, 6.07) is 9.35. The number of fused-ring (bicyclic) bond motifs is 2. The zero-order valence-corrected chi connectivity index (χ0v) is 21.2. The van der Waals surface area contributed by atoms with Gasteiger partial charge in [0.05, 0.1) is 12.7 Å². The summed E-state index contributed by atoms with van der Waals surface area (Å²) < 4.78 is 14.0. The molecule has 3 aliphatic rings. The van der Waals surface area contributed by atoms with E-state index in [-0.39, 0.29) is 11.5 Å². The molecule has 7 heteroatoms. The van der Waals surface area contributed by atoms with E-state index >= 15 is 0 Å². The number of allylic oxidation sites excluding steroid dienone is 1. The Labute approximate surface area is 211 Å². The van der Waals surface area contributed by atoms with Crippen molar-refractivity contribution in [3.8, 4) is 17.2 Å². The lowest BCUT2D eigenvalue weighted by atomic mass is 10.0. The molecule has 0 atom stereocenters. The van der Waals surface area contributed by atoms with Gasteiger partial charge in [-0.05, 0) is 68.6 Å². The highest BCUT2D eigenvalue weighted by Gasteiger charge is 2.34. The highest BCUT2D eigenvalue weighted by atomic mass is 16.5. The number of aryl methyl sites for hydroxylation is 1. The van der Waals surface area contributed by atoms with E-state index in [0.717, 1.165) is 79.9 Å². The highest BCUT2D eigenvalue weighted by Crippen LogP contribution is 2.47. The first-order chi connectivity index (χ1) is 17.4. The van der Waals surface area contributed by atoms with Crippen LogP contribution in [0.5, 0.6) is 17.2 Å². The molecule has 188 valence electrons. The Morgan fingerprint density at radius 3 is 2.61 bits per heavy atom. The molecular weight excluding hydrogens is 454 g/mol. The van der Waals surface area contributed by atoms with Crippen LogP contribution < -0.4 is 9.47 Å². The number of rotatable bonds is 6. The van der Waals surface area contributed by atoms with Gasteiger partial charge in [0.1, 0.15) is 17.2 Å². The van der Waals surface area contributed by atoms with Crippen LogP contribution in [0.15, 0.2) is 36.1 Å². The lowest BCUT2D eigenvalue weighted by Gasteiger charge is -2.32. The summed E-state index contributed by atoms with van der Waals surface area (Å²) >= 11 is 0. The van der Waals surface area contributed by atoms with E-state index in [1.54, 1.807) is 13.2 Å². The fourth-order valence-corrected chi connectivity index (χ4v) is 5.63. The van der Waals surface area contributed by atoms with Crippen LogP contribution in [0.3, 0.4) is 0 Å². The number of aromatic hydroxyl groups is 1. The molecule has 2 aromatic carbocycles. The van der Waals surface area contributed by atoms with Crippen LogP contribution in [0.25, 0.3) is 17.0 Å². The van der Waals surface area contributed by atoms with Gasteiger partial charge < -0.3 is 24.0 Å². The maximum atomic E-state index is 13.3. The number of likely N-dealkylation sites (N-methyl/N-ethyl adjacent to an activating group) is 1. The van der Waals surface area contributed by atoms with Gasteiger partial charge in [-0.1, -0.05) is 0 Å². The van der Waals surface area contributed by atoms with Crippen molar-refractivity contribution in [3.05, 3.63) is 58.5 Å². The van der Waals surface area contributed by atoms with E-state index in [9.17, 15) is 9.90 Å². The number of carbonyl (C=O) groups excluding carboxylic acids is 1. The van der Waals surface area contributed by atoms with E-state index in [0.29, 0.717) is 23.0 Å². The van der Waals surface area contributed by atoms with Crippen molar-refractivity contribution in [1.29, 1.82) is 0 Å². The number of benzene rings is 2. The molecule has 0 spiro atoms. The Balaban J connectivity index is 1.43. The molecule has 6 rings (SSSR count). The van der Waals surface area contributed by atoms with E-state index in [1.807, 2.05) is 19.1 Å². The third-order valence-corrected chi connectivity index (χ3v) is 7.78. The number of ether oxygens (including phenoxy) is 2. The Morgan fingerprint density at radius 2 is 1.89 bits per heavy atom. The van der Waals surface area contributed by atoms with Gasteiger partial charge in [-0.25, -0.2) is 0 Å². The van der Waals surface area contributed by atoms with Crippen molar-refractivity contribution < 1.29 is 19.4 Å². The van der Waals surface area contributed by atoms with Gasteiger partial charge in [-0.3, -0.25) is 9.69 Å². The van der Waals surface area contributed by atoms with Crippen LogP contribution in [0.2, 0.25) is 0 Å². The summed E-state index contributed by atoms with van der Waals surface area (Å²) in [6.07, 6.45) is 4.22. The van der Waals surface area contributed by atoms with Crippen molar-refractivity contribution >= 4 is 22.8 Å². The summed E-state index contributed by atoms with van der Waals surface area (Å²) in [7, 11) is 3.86. The van der Waals surface area contributed by atoms with Crippen LogP contribution in [-0.4, -0.2) is 72.1 Å². The lowest BCUT2D eigenvalue weighted by Crippen LogP contribution is -2.45. The number of hydrogen-bond acceptors (Lipinski definition) is 6. The van der Waals surface area contributed by atoms with Crippen LogP contribution in [0.1, 0.15) is 45.9 Å². The number of piperazine rings is 1. The minimum absolute atomic E-state index is 0.101. The SMILES string of the molecule is COc1ccc2c(c1)c(C=C1Oc3cc(O)cc(C)c3C1=O)c(C1CC1)n2CCN1CCN(C)CC1. The molecule has 1 N–H and O–H groups in total. The minimum Gasteiger partial charge on any atom is -0.508 e. The summed E-state index contributed by atoms with van der Waals surface area (Å²) in [5.74, 6) is 1.97. The maximum absolute atomic E-state index is 13.3. The number of hydrogen-bond donors (Lipinski definition) is 1. The topological polar surface area (TPSA) is 67.2 Å². The Morgan fingerprint density at radius 1 is 1.11 bits per heavy atom. The number of aromatic nitrogens is 1. The number of Topliss-reactive ketones (excluding diaryl/α,β-unsaturated/α-hetero) is 1. The molecule has 3 aromatic rings. The number of methoxy groups -OCH3 is 1. The second kappa shape index (κ2) is 8.98. The first-order valence-electron chi connectivity index (χ1n) is 12.8. The second-order valence-electron chi connectivity index (χ2n) is 10.3. The molecule has 3 heterocycles. The van der Waals surface area contributed by atoms with Gasteiger partial charge in [-0.15, -0.1) is 0 Å². The van der Waals surface area contributed by atoms with E-state index in [2.05, 4.69) is 33.5 Å². The highest BCUT2D eigenvalue weighted by molar-refractivity contribution is 6.16. The molecule has 2 fully saturated rings. The average molecular weight is 488 g/mol. The molecule has 1 saturated carbocycles. The van der Waals surface area contributed by atoms with Crippen LogP contribution in [0, 0.1) is 6.92 Å². The smallest absolute Gasteiger partial charge is 0.232 e. The first kappa shape index (κ1) is 23.1. The third-order valence-electron chi connectivity index (χ3n) is 7.78. The third kappa shape index (κ3) is 4.06. The molecule has 36 heavy (non-hydrogen) atoms. The van der Waals surface area contributed by atoms with Gasteiger partial charge in [-0.2, -0.15) is 0 Å². The summed E-state index contributed by atoms with van der Waals surface area (Å²) in [4.78, 5) is 18.3. The molecule has 0 amide bonds. The fraction of sp³-hybridized carbons (Fsp3) is 0.414. The van der Waals surface area contributed by atoms with E-state index in [4.69, 9.17) is 9.47 Å². The Bertz CT molecular complexity index is 1380. The van der Waals surface area contributed by atoms with Crippen molar-refractivity contribution in [2.75, 3.05) is 46.9 Å². The molecule has 0 radical (unpaired) electrons. The summed E-state index contributed by atoms with van der Waals surface area (Å²) in [6.45, 7) is 8.12. The van der Waals surface area contributed by atoms with Crippen LogP contribution in [0.4, 0.5) is 0 Å². The van der Waals surface area contributed by atoms with Crippen molar-refractivity contribution in [3.63, 3.8) is 0 Å². The molecule has 7 nitrogen and oxygen atoms in total. The van der Waals surface area contributed by atoms with Crippen molar-refractivity contribution in [1.82, 2.24) is 14.4 Å². The van der Waals surface area contributed by atoms with Gasteiger partial charge >= 0.3 is 0 Å². The van der Waals surface area contributed by atoms with Gasteiger partial charge in [0.25, 0.3) is 0 Å². The van der Waals surface area contributed by atoms with Crippen LogP contribution in [-0.2, 0) is 6.54 Å². The molecule has 1 aromatic heterocycles. The molecule has 0 bridgehead atoms. The summed E-state index contributed by atoms with van der Waals surface area (Å²) in [5, 5.41) is 11.1. The molecule has 1 saturated heterocycles. The molecule has 0 unspecified atom stereocenters. The van der Waals surface area contributed by atoms with E-state index < -0.39 is 0 Å². The normalized spacial score (nSPS) is 19.8. The number of phenolic OH excluding ortho intramolecular Hbond substituents is 1. The Hall–Kier alpha value is -3.29. The Kier molecular flexibility index (Phi) is 5.77. The minimum atomic E-state index is -0.134. The predicted molar refractivity (Wildman–Crippen MR) is 140 cm³/mol. The molecule has 1 aliphatic carbocycles. The van der Waals surface area contributed by atoms with Gasteiger partial charge in [0, 0.05) is 67.5 Å². The van der Waals surface area contributed by atoms with E-state index in [1.165, 1.54) is 11.8 Å². The van der Waals surface area contributed by atoms with Crippen molar-refractivity contribution in [2.24, 2.45) is 0 Å². The predicted octanol–water partition coefficient (Wildman–Crippen LogP) is 4.40. The monoisotopic (exact) mass is 487 g/mol. The molecular formula is C29H33N3O4. The lowest BCUT2D eigenvalue weighted by molar-refractivity contribution is 0.101. The first-order valence-corrected chi connectivity index (χ1v) is 12.8. The largest absolute Gasteiger partial charge is 0.508 e.